The standard InChI is InChI=1S/C22H21N7O2/c1-13-8-15(6-7-24-13)26-19-12-25-20(9-14(19)11-23)29-22(31)28-18-10-21(30)27-17-5-3-2-4-16(17)18/h2-9,11-12,18,23H,10H2,1H3,(H,24,26)(H,27,30)(H2,25,28,29,31). The number of aryl methyl sites for hydroxylation is 1. The molecule has 0 saturated carbocycles. The van der Waals surface area contributed by atoms with E-state index in [9.17, 15) is 9.59 Å². The maximum Gasteiger partial charge on any atom is 0.320 e. The Hall–Kier alpha value is -4.27. The van der Waals surface area contributed by atoms with Crippen molar-refractivity contribution in [2.45, 2.75) is 19.4 Å². The molecule has 0 saturated heterocycles. The van der Waals surface area contributed by atoms with E-state index in [4.69, 9.17) is 5.41 Å². The molecule has 0 spiro atoms. The van der Waals surface area contributed by atoms with Crippen molar-refractivity contribution in [3.8, 4) is 0 Å². The highest BCUT2D eigenvalue weighted by Gasteiger charge is 2.26. The van der Waals surface area contributed by atoms with Crippen molar-refractivity contribution in [2.75, 3.05) is 16.0 Å². The predicted octanol–water partition coefficient (Wildman–Crippen LogP) is 3.73. The molecule has 3 amide bonds. The predicted molar refractivity (Wildman–Crippen MR) is 119 cm³/mol. The summed E-state index contributed by atoms with van der Waals surface area (Å²) < 4.78 is 0. The van der Waals surface area contributed by atoms with E-state index in [1.165, 1.54) is 6.21 Å². The summed E-state index contributed by atoms with van der Waals surface area (Å²) in [4.78, 5) is 32.9. The number of urea groups is 1. The van der Waals surface area contributed by atoms with Gasteiger partial charge in [-0.2, -0.15) is 0 Å². The number of anilines is 4. The van der Waals surface area contributed by atoms with E-state index >= 15 is 0 Å². The lowest BCUT2D eigenvalue weighted by atomic mass is 9.97. The second kappa shape index (κ2) is 8.62. The van der Waals surface area contributed by atoms with Gasteiger partial charge < -0.3 is 21.4 Å². The van der Waals surface area contributed by atoms with Gasteiger partial charge in [0.05, 0.1) is 24.3 Å². The van der Waals surface area contributed by atoms with Crippen LogP contribution >= 0.6 is 0 Å². The molecule has 2 aromatic heterocycles. The van der Waals surface area contributed by atoms with Crippen molar-refractivity contribution in [1.82, 2.24) is 15.3 Å². The Bertz CT molecular complexity index is 1160. The third kappa shape index (κ3) is 4.67. The highest BCUT2D eigenvalue weighted by atomic mass is 16.2. The topological polar surface area (TPSA) is 132 Å². The van der Waals surface area contributed by atoms with E-state index < -0.39 is 12.1 Å². The van der Waals surface area contributed by atoms with Gasteiger partial charge in [-0.3, -0.25) is 15.1 Å². The molecule has 1 aromatic carbocycles. The van der Waals surface area contributed by atoms with Gasteiger partial charge in [0.25, 0.3) is 0 Å². The Morgan fingerprint density at radius 2 is 2.06 bits per heavy atom. The number of nitrogens with one attached hydrogen (secondary N) is 5. The van der Waals surface area contributed by atoms with Crippen LogP contribution in [0.3, 0.4) is 0 Å². The summed E-state index contributed by atoms with van der Waals surface area (Å²) in [5, 5.41) is 19.2. The van der Waals surface area contributed by atoms with E-state index in [0.29, 0.717) is 22.8 Å². The molecule has 1 aliphatic rings. The molecule has 0 aliphatic carbocycles. The monoisotopic (exact) mass is 415 g/mol. The van der Waals surface area contributed by atoms with Crippen LogP contribution in [0.25, 0.3) is 0 Å². The number of hydrogen-bond donors (Lipinski definition) is 5. The van der Waals surface area contributed by atoms with Crippen molar-refractivity contribution in [3.63, 3.8) is 0 Å². The van der Waals surface area contributed by atoms with Gasteiger partial charge in [0.1, 0.15) is 5.82 Å². The van der Waals surface area contributed by atoms with E-state index in [1.54, 1.807) is 24.5 Å². The number of pyridine rings is 2. The van der Waals surface area contributed by atoms with Crippen LogP contribution in [0.1, 0.15) is 29.3 Å². The van der Waals surface area contributed by atoms with Gasteiger partial charge in [-0.25, -0.2) is 9.78 Å². The first-order chi connectivity index (χ1) is 15.0. The molecule has 156 valence electrons. The lowest BCUT2D eigenvalue weighted by Gasteiger charge is -2.26. The molecule has 9 nitrogen and oxygen atoms in total. The van der Waals surface area contributed by atoms with Crippen molar-refractivity contribution in [1.29, 1.82) is 5.41 Å². The molecule has 31 heavy (non-hydrogen) atoms. The summed E-state index contributed by atoms with van der Waals surface area (Å²) in [6.45, 7) is 1.89. The SMILES string of the molecule is Cc1cc(Nc2cnc(NC(=O)NC3CC(=O)Nc4ccccc43)cc2C=N)ccn1. The molecule has 1 aliphatic heterocycles. The molecule has 5 N–H and O–H groups in total. The smallest absolute Gasteiger partial charge is 0.320 e. The molecule has 0 bridgehead atoms. The minimum atomic E-state index is -0.483. The van der Waals surface area contributed by atoms with E-state index in [1.807, 2.05) is 37.3 Å². The Morgan fingerprint density at radius 1 is 1.23 bits per heavy atom. The highest BCUT2D eigenvalue weighted by molar-refractivity contribution is 5.96. The van der Waals surface area contributed by atoms with Gasteiger partial charge in [0, 0.05) is 35.0 Å². The maximum atomic E-state index is 12.5. The third-order valence-electron chi connectivity index (χ3n) is 4.81. The number of benzene rings is 1. The summed E-state index contributed by atoms with van der Waals surface area (Å²) in [5.74, 6) is 0.135. The molecule has 3 heterocycles. The average Bonchev–Trinajstić information content (AvgIpc) is 2.74. The second-order valence-electron chi connectivity index (χ2n) is 7.10. The van der Waals surface area contributed by atoms with Crippen molar-refractivity contribution < 1.29 is 9.59 Å². The first-order valence-electron chi connectivity index (χ1n) is 9.68. The van der Waals surface area contributed by atoms with Gasteiger partial charge in [-0.15, -0.1) is 0 Å². The van der Waals surface area contributed by atoms with Gasteiger partial charge >= 0.3 is 6.03 Å². The molecule has 4 rings (SSSR count). The first kappa shape index (κ1) is 20.0. The summed E-state index contributed by atoms with van der Waals surface area (Å²) >= 11 is 0. The zero-order chi connectivity index (χ0) is 21.8. The van der Waals surface area contributed by atoms with E-state index in [2.05, 4.69) is 31.2 Å². The van der Waals surface area contributed by atoms with Gasteiger partial charge in [-0.1, -0.05) is 18.2 Å². The largest absolute Gasteiger partial charge is 0.354 e. The zero-order valence-corrected chi connectivity index (χ0v) is 16.8. The number of amides is 3. The van der Waals surface area contributed by atoms with E-state index in [-0.39, 0.29) is 12.3 Å². The van der Waals surface area contributed by atoms with Crippen LogP contribution < -0.4 is 21.3 Å². The second-order valence-corrected chi connectivity index (χ2v) is 7.10. The molecule has 3 aromatic rings. The molecule has 0 radical (unpaired) electrons. The van der Waals surface area contributed by atoms with Gasteiger partial charge in [-0.05, 0) is 36.8 Å². The zero-order valence-electron chi connectivity index (χ0n) is 16.8. The van der Waals surface area contributed by atoms with Crippen LogP contribution in [-0.4, -0.2) is 28.1 Å². The maximum absolute atomic E-state index is 12.5. The number of carbonyl (C=O) groups is 2. The molecular formula is C22H21N7O2. The Balaban J connectivity index is 1.46. The molecule has 9 heteroatoms. The van der Waals surface area contributed by atoms with Crippen LogP contribution in [0.15, 0.2) is 54.9 Å². The number of fused-ring (bicyclic) bond motifs is 1. The van der Waals surface area contributed by atoms with E-state index in [0.717, 1.165) is 16.9 Å². The van der Waals surface area contributed by atoms with Crippen molar-refractivity contribution >= 4 is 41.0 Å². The van der Waals surface area contributed by atoms with Gasteiger partial charge in [0.15, 0.2) is 0 Å². The highest BCUT2D eigenvalue weighted by Crippen LogP contribution is 2.30. The number of rotatable bonds is 5. The van der Waals surface area contributed by atoms with Crippen LogP contribution in [-0.2, 0) is 4.79 Å². The summed E-state index contributed by atoms with van der Waals surface area (Å²) in [7, 11) is 0. The third-order valence-corrected chi connectivity index (χ3v) is 4.81. The summed E-state index contributed by atoms with van der Waals surface area (Å²) in [6.07, 6.45) is 4.58. The molecule has 0 fully saturated rings. The minimum absolute atomic E-state index is 0.151. The number of para-hydroxylation sites is 1. The lowest BCUT2D eigenvalue weighted by Crippen LogP contribution is -2.37. The summed E-state index contributed by atoms with van der Waals surface area (Å²) in [6, 6.07) is 11.7. The van der Waals surface area contributed by atoms with Crippen molar-refractivity contribution in [3.05, 3.63) is 71.7 Å². The lowest BCUT2D eigenvalue weighted by molar-refractivity contribution is -0.116. The van der Waals surface area contributed by atoms with Crippen LogP contribution in [0.2, 0.25) is 0 Å². The summed E-state index contributed by atoms with van der Waals surface area (Å²) in [5.41, 5.74) is 4.41. The Kier molecular flexibility index (Phi) is 5.57. The first-order valence-corrected chi connectivity index (χ1v) is 9.68. The number of nitrogens with zero attached hydrogens (tertiary/aromatic N) is 2. The van der Waals surface area contributed by atoms with Crippen LogP contribution in [0, 0.1) is 12.3 Å². The Morgan fingerprint density at radius 3 is 2.87 bits per heavy atom. The normalized spacial score (nSPS) is 14.7. The van der Waals surface area contributed by atoms with Gasteiger partial charge in [0.2, 0.25) is 5.91 Å². The average molecular weight is 415 g/mol. The fourth-order valence-corrected chi connectivity index (χ4v) is 3.39. The minimum Gasteiger partial charge on any atom is -0.354 e. The quantitative estimate of drug-likeness (QED) is 0.405. The van der Waals surface area contributed by atoms with Crippen LogP contribution in [0.5, 0.6) is 0 Å². The molecule has 1 unspecified atom stereocenters. The Labute approximate surface area is 178 Å². The van der Waals surface area contributed by atoms with Crippen LogP contribution in [0.4, 0.5) is 27.7 Å². The fraction of sp³-hybridized carbons (Fsp3) is 0.136. The number of hydrogen-bond acceptors (Lipinski definition) is 6. The fourth-order valence-electron chi connectivity index (χ4n) is 3.39. The molecular weight excluding hydrogens is 394 g/mol. The number of aromatic nitrogens is 2. The molecule has 1 atom stereocenters. The van der Waals surface area contributed by atoms with Crippen molar-refractivity contribution in [2.24, 2.45) is 0 Å². The number of carbonyl (C=O) groups excluding carboxylic acids is 2.